The summed E-state index contributed by atoms with van der Waals surface area (Å²) in [7, 11) is 0. The molecular formula is C9H19NO. The first kappa shape index (κ1) is 9.01. The van der Waals surface area contributed by atoms with Crippen LogP contribution in [0.25, 0.3) is 0 Å². The lowest BCUT2D eigenvalue weighted by atomic mass is 9.79. The van der Waals surface area contributed by atoms with Crippen molar-refractivity contribution < 1.29 is 5.11 Å². The fraction of sp³-hybridized carbons (Fsp3) is 1.00. The maximum Gasteiger partial charge on any atom is 0.0459 e. The molecule has 0 unspecified atom stereocenters. The Kier molecular flexibility index (Phi) is 3.34. The average Bonchev–Trinajstić information content (AvgIpc) is 2.05. The molecular weight excluding hydrogens is 138 g/mol. The summed E-state index contributed by atoms with van der Waals surface area (Å²) in [4.78, 5) is 0. The Morgan fingerprint density at radius 2 is 1.91 bits per heavy atom. The van der Waals surface area contributed by atoms with E-state index in [0.29, 0.717) is 24.5 Å². The summed E-state index contributed by atoms with van der Waals surface area (Å²) in [6.07, 6.45) is 4.76. The molecule has 0 saturated heterocycles. The summed E-state index contributed by atoms with van der Waals surface area (Å²) < 4.78 is 0. The Bertz CT molecular complexity index is 106. The molecule has 11 heavy (non-hydrogen) atoms. The van der Waals surface area contributed by atoms with Crippen LogP contribution >= 0.6 is 0 Å². The molecule has 0 aromatic carbocycles. The van der Waals surface area contributed by atoms with Crippen LogP contribution in [0.15, 0.2) is 0 Å². The molecule has 0 heterocycles. The first-order valence-corrected chi connectivity index (χ1v) is 4.60. The molecule has 0 aromatic rings. The number of hydrogen-bond acceptors (Lipinski definition) is 2. The minimum atomic E-state index is 0.342. The van der Waals surface area contributed by atoms with Crippen molar-refractivity contribution in [2.24, 2.45) is 17.6 Å². The van der Waals surface area contributed by atoms with Crippen LogP contribution in [0.5, 0.6) is 0 Å². The summed E-state index contributed by atoms with van der Waals surface area (Å²) in [5, 5.41) is 8.88. The molecule has 1 rings (SSSR count). The highest BCUT2D eigenvalue weighted by atomic mass is 16.3. The van der Waals surface area contributed by atoms with Crippen LogP contribution in [0, 0.1) is 11.8 Å². The number of nitrogens with two attached hydrogens (primary N) is 1. The van der Waals surface area contributed by atoms with Gasteiger partial charge in [-0.2, -0.15) is 0 Å². The Hall–Kier alpha value is -0.0800. The SMILES string of the molecule is C[C@H](N)C1CCC(CO)CC1. The van der Waals surface area contributed by atoms with Crippen LogP contribution in [-0.2, 0) is 0 Å². The van der Waals surface area contributed by atoms with Crippen molar-refractivity contribution in [3.05, 3.63) is 0 Å². The van der Waals surface area contributed by atoms with Crippen LogP contribution in [0.1, 0.15) is 32.6 Å². The number of rotatable bonds is 2. The lowest BCUT2D eigenvalue weighted by molar-refractivity contribution is 0.160. The maximum absolute atomic E-state index is 8.88. The Labute approximate surface area is 68.8 Å². The quantitative estimate of drug-likeness (QED) is 0.631. The molecule has 2 nitrogen and oxygen atoms in total. The molecule has 3 N–H and O–H groups in total. The van der Waals surface area contributed by atoms with Crippen molar-refractivity contribution in [3.8, 4) is 0 Å². The minimum Gasteiger partial charge on any atom is -0.396 e. The fourth-order valence-corrected chi connectivity index (χ4v) is 1.90. The second-order valence-corrected chi connectivity index (χ2v) is 3.82. The van der Waals surface area contributed by atoms with Crippen LogP contribution in [0.3, 0.4) is 0 Å². The van der Waals surface area contributed by atoms with Gasteiger partial charge in [-0.15, -0.1) is 0 Å². The molecule has 1 aliphatic rings. The van der Waals surface area contributed by atoms with Gasteiger partial charge in [-0.05, 0) is 44.4 Å². The number of aliphatic hydroxyl groups excluding tert-OH is 1. The van der Waals surface area contributed by atoms with Crippen molar-refractivity contribution in [1.29, 1.82) is 0 Å². The summed E-state index contributed by atoms with van der Waals surface area (Å²) in [5.74, 6) is 1.27. The van der Waals surface area contributed by atoms with Gasteiger partial charge in [-0.3, -0.25) is 0 Å². The lowest BCUT2D eigenvalue weighted by Gasteiger charge is -2.29. The van der Waals surface area contributed by atoms with Crippen molar-refractivity contribution in [2.45, 2.75) is 38.6 Å². The molecule has 0 spiro atoms. The molecule has 66 valence electrons. The molecule has 1 atom stereocenters. The van der Waals surface area contributed by atoms with E-state index in [1.807, 2.05) is 0 Å². The van der Waals surface area contributed by atoms with Crippen molar-refractivity contribution in [2.75, 3.05) is 6.61 Å². The third-order valence-electron chi connectivity index (χ3n) is 2.89. The van der Waals surface area contributed by atoms with Gasteiger partial charge in [0.15, 0.2) is 0 Å². The molecule has 0 amide bonds. The lowest BCUT2D eigenvalue weighted by Crippen LogP contribution is -2.30. The van der Waals surface area contributed by atoms with Gasteiger partial charge in [0.1, 0.15) is 0 Å². The van der Waals surface area contributed by atoms with E-state index < -0.39 is 0 Å². The highest BCUT2D eigenvalue weighted by Gasteiger charge is 2.22. The van der Waals surface area contributed by atoms with Crippen LogP contribution in [-0.4, -0.2) is 17.8 Å². The molecule has 1 aliphatic carbocycles. The third kappa shape index (κ3) is 2.46. The average molecular weight is 157 g/mol. The Balaban J connectivity index is 2.24. The first-order chi connectivity index (χ1) is 5.24. The van der Waals surface area contributed by atoms with Crippen LogP contribution < -0.4 is 5.73 Å². The van der Waals surface area contributed by atoms with E-state index >= 15 is 0 Å². The summed E-state index contributed by atoms with van der Waals surface area (Å²) >= 11 is 0. The van der Waals surface area contributed by atoms with E-state index in [0.717, 1.165) is 0 Å². The zero-order valence-corrected chi connectivity index (χ0v) is 7.29. The van der Waals surface area contributed by atoms with Gasteiger partial charge >= 0.3 is 0 Å². The first-order valence-electron chi connectivity index (χ1n) is 4.60. The molecule has 2 heteroatoms. The van der Waals surface area contributed by atoms with Crippen LogP contribution in [0.4, 0.5) is 0 Å². The monoisotopic (exact) mass is 157 g/mol. The van der Waals surface area contributed by atoms with Crippen molar-refractivity contribution in [1.82, 2.24) is 0 Å². The molecule has 1 saturated carbocycles. The van der Waals surface area contributed by atoms with E-state index in [4.69, 9.17) is 10.8 Å². The molecule has 1 fully saturated rings. The van der Waals surface area contributed by atoms with Gasteiger partial charge < -0.3 is 10.8 Å². The predicted molar refractivity (Wildman–Crippen MR) is 46.2 cm³/mol. The predicted octanol–water partition coefficient (Wildman–Crippen LogP) is 1.13. The van der Waals surface area contributed by atoms with Gasteiger partial charge in [0.2, 0.25) is 0 Å². The zero-order valence-electron chi connectivity index (χ0n) is 7.29. The van der Waals surface area contributed by atoms with Crippen molar-refractivity contribution in [3.63, 3.8) is 0 Å². The topological polar surface area (TPSA) is 46.2 Å². The minimum absolute atomic E-state index is 0.342. The van der Waals surface area contributed by atoms with Crippen molar-refractivity contribution >= 4 is 0 Å². The normalized spacial score (nSPS) is 35.2. The highest BCUT2D eigenvalue weighted by Crippen LogP contribution is 2.29. The second kappa shape index (κ2) is 4.07. The number of hydrogen-bond donors (Lipinski definition) is 2. The van der Waals surface area contributed by atoms with E-state index in [-0.39, 0.29) is 0 Å². The molecule has 0 aromatic heterocycles. The molecule has 0 radical (unpaired) electrons. The van der Waals surface area contributed by atoms with Crippen LogP contribution in [0.2, 0.25) is 0 Å². The van der Waals surface area contributed by atoms with E-state index in [1.54, 1.807) is 0 Å². The van der Waals surface area contributed by atoms with E-state index in [2.05, 4.69) is 6.92 Å². The third-order valence-corrected chi connectivity index (χ3v) is 2.89. The second-order valence-electron chi connectivity index (χ2n) is 3.82. The highest BCUT2D eigenvalue weighted by molar-refractivity contribution is 4.76. The van der Waals surface area contributed by atoms with Gasteiger partial charge in [0.25, 0.3) is 0 Å². The standard InChI is InChI=1S/C9H19NO/c1-7(10)9-4-2-8(6-11)3-5-9/h7-9,11H,2-6,10H2,1H3/t7-,8?,9?/m0/s1. The summed E-state index contributed by atoms with van der Waals surface area (Å²) in [6.45, 7) is 2.45. The molecule has 0 aliphatic heterocycles. The summed E-state index contributed by atoms with van der Waals surface area (Å²) in [5.41, 5.74) is 5.79. The Morgan fingerprint density at radius 1 is 1.36 bits per heavy atom. The smallest absolute Gasteiger partial charge is 0.0459 e. The molecule has 0 bridgehead atoms. The van der Waals surface area contributed by atoms with Gasteiger partial charge in [0, 0.05) is 12.6 Å². The number of aliphatic hydroxyl groups is 1. The summed E-state index contributed by atoms with van der Waals surface area (Å²) in [6, 6.07) is 0.342. The van der Waals surface area contributed by atoms with Gasteiger partial charge in [-0.25, -0.2) is 0 Å². The van der Waals surface area contributed by atoms with E-state index in [9.17, 15) is 0 Å². The maximum atomic E-state index is 8.88. The largest absolute Gasteiger partial charge is 0.396 e. The van der Waals surface area contributed by atoms with Gasteiger partial charge in [0.05, 0.1) is 0 Å². The van der Waals surface area contributed by atoms with E-state index in [1.165, 1.54) is 25.7 Å². The zero-order chi connectivity index (χ0) is 8.27. The Morgan fingerprint density at radius 3 is 2.27 bits per heavy atom. The van der Waals surface area contributed by atoms with Gasteiger partial charge in [-0.1, -0.05) is 0 Å². The fourth-order valence-electron chi connectivity index (χ4n) is 1.90.